The number of carbonyl (C=O) groups excluding carboxylic acids is 1. The molecule has 2 heterocycles. The molecule has 0 saturated carbocycles. The molecule has 1 aromatic heterocycles. The summed E-state index contributed by atoms with van der Waals surface area (Å²) in [6, 6.07) is 7.63. The van der Waals surface area contributed by atoms with Gasteiger partial charge in [0, 0.05) is 24.0 Å². The minimum absolute atomic E-state index is 0.212. The molecule has 1 unspecified atom stereocenters. The third kappa shape index (κ3) is 4.12. The van der Waals surface area contributed by atoms with Crippen molar-refractivity contribution in [3.63, 3.8) is 0 Å². The van der Waals surface area contributed by atoms with Gasteiger partial charge in [-0.15, -0.1) is 0 Å². The Hall–Kier alpha value is -1.85. The van der Waals surface area contributed by atoms with Crippen LogP contribution in [-0.2, 0) is 6.42 Å². The number of oxazole rings is 1. The number of halogens is 1. The molecule has 0 radical (unpaired) electrons. The van der Waals surface area contributed by atoms with Crippen molar-refractivity contribution in [2.24, 2.45) is 0 Å². The molecule has 2 N–H and O–H groups in total. The lowest BCUT2D eigenvalue weighted by atomic mass is 10.00. The first-order valence-corrected chi connectivity index (χ1v) is 8.29. The fraction of sp³-hybridized carbons (Fsp3) is 0.412. The van der Waals surface area contributed by atoms with Gasteiger partial charge in [-0.25, -0.2) is 4.98 Å². The van der Waals surface area contributed by atoms with Crippen LogP contribution in [0.1, 0.15) is 40.7 Å². The normalized spacial score (nSPS) is 17.9. The zero-order valence-electron chi connectivity index (χ0n) is 12.8. The van der Waals surface area contributed by atoms with Crippen LogP contribution in [0, 0.1) is 0 Å². The third-order valence-corrected chi connectivity index (χ3v) is 4.41. The highest BCUT2D eigenvalue weighted by atomic mass is 35.5. The quantitative estimate of drug-likeness (QED) is 0.883. The summed E-state index contributed by atoms with van der Waals surface area (Å²) in [6.45, 7) is 2.40. The minimum Gasteiger partial charge on any atom is -0.448 e. The topological polar surface area (TPSA) is 67.2 Å². The van der Waals surface area contributed by atoms with Crippen molar-refractivity contribution in [2.45, 2.75) is 25.2 Å². The van der Waals surface area contributed by atoms with Crippen LogP contribution in [0.25, 0.3) is 0 Å². The Morgan fingerprint density at radius 1 is 1.43 bits per heavy atom. The predicted octanol–water partition coefficient (Wildman–Crippen LogP) is 2.77. The summed E-state index contributed by atoms with van der Waals surface area (Å²) >= 11 is 6.10. The number of carbonyl (C=O) groups is 1. The number of nitrogens with zero attached hydrogens (tertiary/aromatic N) is 1. The van der Waals surface area contributed by atoms with E-state index in [1.807, 2.05) is 24.3 Å². The van der Waals surface area contributed by atoms with Crippen molar-refractivity contribution in [3.05, 3.63) is 52.7 Å². The van der Waals surface area contributed by atoms with E-state index in [0.717, 1.165) is 36.5 Å². The van der Waals surface area contributed by atoms with Gasteiger partial charge in [-0.1, -0.05) is 29.8 Å². The Morgan fingerprint density at radius 2 is 2.30 bits per heavy atom. The fourth-order valence-electron chi connectivity index (χ4n) is 2.74. The number of benzene rings is 1. The molecule has 1 saturated heterocycles. The van der Waals surface area contributed by atoms with Crippen molar-refractivity contribution in [2.75, 3.05) is 19.6 Å². The standard InChI is InChI=1S/C17H20ClN3O2/c18-14-6-2-1-4-12(14)7-9-20-16(22)15-11-23-17(21-15)13-5-3-8-19-10-13/h1-2,4,6,11,13,19H,3,5,7-10H2,(H,20,22). The van der Waals surface area contributed by atoms with Gasteiger partial charge in [-0.05, 0) is 37.4 Å². The number of aromatic nitrogens is 1. The number of rotatable bonds is 5. The Bertz CT molecular complexity index is 665. The lowest BCUT2D eigenvalue weighted by molar-refractivity contribution is 0.0949. The Kier molecular flexibility index (Phi) is 5.31. The van der Waals surface area contributed by atoms with Crippen molar-refractivity contribution in [3.8, 4) is 0 Å². The summed E-state index contributed by atoms with van der Waals surface area (Å²) in [5.74, 6) is 0.692. The molecule has 1 aliphatic heterocycles. The van der Waals surface area contributed by atoms with E-state index in [-0.39, 0.29) is 11.8 Å². The minimum atomic E-state index is -0.212. The third-order valence-electron chi connectivity index (χ3n) is 4.04. The van der Waals surface area contributed by atoms with Crippen LogP contribution in [0.5, 0.6) is 0 Å². The Labute approximate surface area is 140 Å². The van der Waals surface area contributed by atoms with Crippen LogP contribution < -0.4 is 10.6 Å². The predicted molar refractivity (Wildman–Crippen MR) is 88.8 cm³/mol. The first-order valence-electron chi connectivity index (χ1n) is 7.92. The van der Waals surface area contributed by atoms with Gasteiger partial charge in [-0.3, -0.25) is 4.79 Å². The van der Waals surface area contributed by atoms with Crippen LogP contribution in [0.3, 0.4) is 0 Å². The van der Waals surface area contributed by atoms with Crippen LogP contribution >= 0.6 is 11.6 Å². The van der Waals surface area contributed by atoms with Crippen molar-refractivity contribution in [1.82, 2.24) is 15.6 Å². The molecule has 6 heteroatoms. The van der Waals surface area contributed by atoms with Crippen LogP contribution in [-0.4, -0.2) is 30.5 Å². The summed E-state index contributed by atoms with van der Waals surface area (Å²) in [7, 11) is 0. The number of nitrogens with one attached hydrogen (secondary N) is 2. The average molecular weight is 334 g/mol. The highest BCUT2D eigenvalue weighted by Crippen LogP contribution is 2.22. The van der Waals surface area contributed by atoms with E-state index < -0.39 is 0 Å². The van der Waals surface area contributed by atoms with E-state index in [4.69, 9.17) is 16.0 Å². The van der Waals surface area contributed by atoms with Gasteiger partial charge in [0.05, 0.1) is 0 Å². The van der Waals surface area contributed by atoms with Crippen LogP contribution in [0.15, 0.2) is 34.9 Å². The van der Waals surface area contributed by atoms with Gasteiger partial charge in [0.15, 0.2) is 11.6 Å². The Balaban J connectivity index is 1.52. The largest absolute Gasteiger partial charge is 0.448 e. The SMILES string of the molecule is O=C(NCCc1ccccc1Cl)c1coc(C2CCCNC2)n1. The number of piperidine rings is 1. The van der Waals surface area contributed by atoms with Gasteiger partial charge in [-0.2, -0.15) is 0 Å². The van der Waals surface area contributed by atoms with Crippen molar-refractivity contribution in [1.29, 1.82) is 0 Å². The van der Waals surface area contributed by atoms with E-state index in [0.29, 0.717) is 24.6 Å². The van der Waals surface area contributed by atoms with Crippen molar-refractivity contribution < 1.29 is 9.21 Å². The molecule has 3 rings (SSSR count). The maximum absolute atomic E-state index is 12.1. The van der Waals surface area contributed by atoms with Gasteiger partial charge in [0.1, 0.15) is 6.26 Å². The maximum atomic E-state index is 12.1. The molecule has 1 fully saturated rings. The molecule has 1 aromatic carbocycles. The van der Waals surface area contributed by atoms with Crippen LogP contribution in [0.2, 0.25) is 5.02 Å². The monoisotopic (exact) mass is 333 g/mol. The van der Waals surface area contributed by atoms with Crippen LogP contribution in [0.4, 0.5) is 0 Å². The number of amides is 1. The smallest absolute Gasteiger partial charge is 0.273 e. The molecular formula is C17H20ClN3O2. The zero-order chi connectivity index (χ0) is 16.1. The summed E-state index contributed by atoms with van der Waals surface area (Å²) in [5.41, 5.74) is 1.35. The summed E-state index contributed by atoms with van der Waals surface area (Å²) in [5, 5.41) is 6.89. The van der Waals surface area contributed by atoms with E-state index >= 15 is 0 Å². The summed E-state index contributed by atoms with van der Waals surface area (Å²) < 4.78 is 5.48. The van der Waals surface area contributed by atoms with E-state index in [2.05, 4.69) is 15.6 Å². The highest BCUT2D eigenvalue weighted by molar-refractivity contribution is 6.31. The van der Waals surface area contributed by atoms with Gasteiger partial charge in [0.25, 0.3) is 5.91 Å². The second kappa shape index (κ2) is 7.62. The highest BCUT2D eigenvalue weighted by Gasteiger charge is 2.21. The first-order chi connectivity index (χ1) is 11.2. The number of hydrogen-bond acceptors (Lipinski definition) is 4. The molecule has 5 nitrogen and oxygen atoms in total. The summed E-state index contributed by atoms with van der Waals surface area (Å²) in [4.78, 5) is 16.5. The van der Waals surface area contributed by atoms with E-state index in [9.17, 15) is 4.79 Å². The molecule has 23 heavy (non-hydrogen) atoms. The Morgan fingerprint density at radius 3 is 3.09 bits per heavy atom. The lowest BCUT2D eigenvalue weighted by Gasteiger charge is -2.19. The second-order valence-corrected chi connectivity index (χ2v) is 6.12. The maximum Gasteiger partial charge on any atom is 0.273 e. The molecule has 1 aliphatic rings. The first kappa shape index (κ1) is 16.0. The molecule has 0 aliphatic carbocycles. The molecule has 122 valence electrons. The average Bonchev–Trinajstić information content (AvgIpc) is 3.07. The molecule has 2 aromatic rings. The van der Waals surface area contributed by atoms with Gasteiger partial charge in [0.2, 0.25) is 0 Å². The molecular weight excluding hydrogens is 314 g/mol. The van der Waals surface area contributed by atoms with Gasteiger partial charge < -0.3 is 15.1 Å². The fourth-order valence-corrected chi connectivity index (χ4v) is 2.97. The van der Waals surface area contributed by atoms with Crippen molar-refractivity contribution >= 4 is 17.5 Å². The molecule has 1 amide bonds. The lowest BCUT2D eigenvalue weighted by Crippen LogP contribution is -2.29. The zero-order valence-corrected chi connectivity index (χ0v) is 13.6. The molecule has 1 atom stereocenters. The second-order valence-electron chi connectivity index (χ2n) is 5.71. The van der Waals surface area contributed by atoms with Gasteiger partial charge >= 0.3 is 0 Å². The summed E-state index contributed by atoms with van der Waals surface area (Å²) in [6.07, 6.45) is 4.27. The molecule has 0 spiro atoms. The number of hydrogen-bond donors (Lipinski definition) is 2. The van der Waals surface area contributed by atoms with E-state index in [1.165, 1.54) is 6.26 Å². The van der Waals surface area contributed by atoms with E-state index in [1.54, 1.807) is 0 Å². The molecule has 0 bridgehead atoms.